The summed E-state index contributed by atoms with van der Waals surface area (Å²) in [6.45, 7) is 1.45. The second-order valence-corrected chi connectivity index (χ2v) is 7.95. The fourth-order valence-corrected chi connectivity index (χ4v) is 4.47. The van der Waals surface area contributed by atoms with E-state index in [9.17, 15) is 9.59 Å². The molecule has 0 aliphatic carbocycles. The first-order chi connectivity index (χ1) is 13.7. The Labute approximate surface area is 168 Å². The maximum atomic E-state index is 13.1. The minimum Gasteiger partial charge on any atom is -0.340 e. The summed E-state index contributed by atoms with van der Waals surface area (Å²) in [5, 5.41) is 0. The van der Waals surface area contributed by atoms with Crippen LogP contribution in [0.2, 0.25) is 0 Å². The highest BCUT2D eigenvalue weighted by atomic mass is 32.2. The van der Waals surface area contributed by atoms with Crippen LogP contribution in [-0.4, -0.2) is 45.5 Å². The first-order valence-electron chi connectivity index (χ1n) is 9.52. The fraction of sp³-hybridized carbons (Fsp3) is 0.318. The largest absolute Gasteiger partial charge is 0.340 e. The summed E-state index contributed by atoms with van der Waals surface area (Å²) in [5.74, 6) is 0.0554. The number of rotatable bonds is 5. The van der Waals surface area contributed by atoms with Gasteiger partial charge in [0.05, 0.1) is 17.4 Å². The van der Waals surface area contributed by atoms with Gasteiger partial charge in [0.1, 0.15) is 6.54 Å². The Morgan fingerprint density at radius 3 is 2.79 bits per heavy atom. The zero-order valence-electron chi connectivity index (χ0n) is 15.9. The summed E-state index contributed by atoms with van der Waals surface area (Å²) >= 11 is 1.59. The summed E-state index contributed by atoms with van der Waals surface area (Å²) in [5.41, 5.74) is 2.61. The van der Waals surface area contributed by atoms with Gasteiger partial charge in [0.25, 0.3) is 0 Å². The van der Waals surface area contributed by atoms with E-state index < -0.39 is 0 Å². The van der Waals surface area contributed by atoms with Crippen LogP contribution in [0, 0.1) is 5.92 Å². The van der Waals surface area contributed by atoms with Crippen molar-refractivity contribution in [3.63, 3.8) is 0 Å². The van der Waals surface area contributed by atoms with E-state index in [0.29, 0.717) is 13.1 Å². The average Bonchev–Trinajstić information content (AvgIpc) is 3.16. The molecule has 1 fully saturated rings. The van der Waals surface area contributed by atoms with Crippen LogP contribution in [-0.2, 0) is 11.3 Å². The number of carbonyl (C=O) groups is 2. The van der Waals surface area contributed by atoms with Gasteiger partial charge < -0.3 is 9.47 Å². The monoisotopic (exact) mass is 393 g/mol. The van der Waals surface area contributed by atoms with Crippen molar-refractivity contribution in [2.24, 2.45) is 5.92 Å². The molecule has 1 aromatic heterocycles. The Morgan fingerprint density at radius 1 is 1.14 bits per heavy atom. The molecule has 1 aliphatic rings. The van der Waals surface area contributed by atoms with Gasteiger partial charge in [-0.25, -0.2) is 4.98 Å². The number of amides is 1. The van der Waals surface area contributed by atoms with Crippen LogP contribution >= 0.6 is 11.8 Å². The van der Waals surface area contributed by atoms with E-state index in [4.69, 9.17) is 0 Å². The lowest BCUT2D eigenvalue weighted by molar-refractivity contribution is -0.133. The lowest BCUT2D eigenvalue weighted by Gasteiger charge is -2.32. The predicted octanol–water partition coefficient (Wildman–Crippen LogP) is 3.88. The van der Waals surface area contributed by atoms with E-state index in [0.717, 1.165) is 34.3 Å². The average molecular weight is 394 g/mol. The highest BCUT2D eigenvalue weighted by molar-refractivity contribution is 7.98. The van der Waals surface area contributed by atoms with Crippen LogP contribution in [0.25, 0.3) is 11.0 Å². The van der Waals surface area contributed by atoms with Crippen LogP contribution in [0.15, 0.2) is 59.8 Å². The Bertz CT molecular complexity index is 1010. The molecule has 3 aromatic rings. The number of benzene rings is 2. The quantitative estimate of drug-likeness (QED) is 0.488. The van der Waals surface area contributed by atoms with Crippen molar-refractivity contribution in [2.45, 2.75) is 24.3 Å². The van der Waals surface area contributed by atoms with Crippen LogP contribution in [0.4, 0.5) is 0 Å². The van der Waals surface area contributed by atoms with Crippen molar-refractivity contribution in [1.29, 1.82) is 0 Å². The molecule has 0 spiro atoms. The summed E-state index contributed by atoms with van der Waals surface area (Å²) in [6, 6.07) is 15.5. The molecule has 0 bridgehead atoms. The van der Waals surface area contributed by atoms with Gasteiger partial charge in [-0.1, -0.05) is 30.3 Å². The molecular weight excluding hydrogens is 370 g/mol. The lowest BCUT2D eigenvalue weighted by Crippen LogP contribution is -2.43. The SMILES string of the molecule is CSc1ccccc1C(=O)C1CCCN(C(=O)Cn2cnc3ccccc32)C1. The predicted molar refractivity (Wildman–Crippen MR) is 112 cm³/mol. The third kappa shape index (κ3) is 3.69. The number of hydrogen-bond acceptors (Lipinski definition) is 4. The number of ketones is 1. The van der Waals surface area contributed by atoms with Crippen molar-refractivity contribution in [2.75, 3.05) is 19.3 Å². The van der Waals surface area contributed by atoms with Gasteiger partial charge in [-0.2, -0.15) is 0 Å². The minimum atomic E-state index is -0.134. The number of imidazole rings is 1. The Balaban J connectivity index is 1.47. The third-order valence-corrected chi connectivity index (χ3v) is 6.15. The highest BCUT2D eigenvalue weighted by Gasteiger charge is 2.30. The molecule has 5 nitrogen and oxygen atoms in total. The summed E-state index contributed by atoms with van der Waals surface area (Å²) in [4.78, 5) is 33.2. The molecule has 1 aliphatic heterocycles. The maximum absolute atomic E-state index is 13.1. The van der Waals surface area contributed by atoms with E-state index in [2.05, 4.69) is 4.98 Å². The Morgan fingerprint density at radius 2 is 1.93 bits per heavy atom. The molecule has 2 heterocycles. The van der Waals surface area contributed by atoms with Gasteiger partial charge in [-0.05, 0) is 37.3 Å². The number of hydrogen-bond donors (Lipinski definition) is 0. The molecule has 1 atom stereocenters. The van der Waals surface area contributed by atoms with E-state index in [1.807, 2.05) is 64.3 Å². The number of Topliss-reactive ketones (excluding diaryl/α,β-unsaturated/α-hetero) is 1. The molecule has 144 valence electrons. The van der Waals surface area contributed by atoms with Crippen LogP contribution < -0.4 is 0 Å². The molecule has 0 radical (unpaired) electrons. The number of thioether (sulfide) groups is 1. The first-order valence-corrected chi connectivity index (χ1v) is 10.7. The molecule has 2 aromatic carbocycles. The van der Waals surface area contributed by atoms with Crippen molar-refractivity contribution < 1.29 is 9.59 Å². The molecule has 1 unspecified atom stereocenters. The zero-order chi connectivity index (χ0) is 19.5. The number of piperidine rings is 1. The second-order valence-electron chi connectivity index (χ2n) is 7.10. The standard InChI is InChI=1S/C22H23N3O2S/c1-28-20-11-5-2-8-17(20)22(27)16-7-6-12-24(13-16)21(26)14-25-15-23-18-9-3-4-10-19(18)25/h2-5,8-11,15-16H,6-7,12-14H2,1H3. The zero-order valence-corrected chi connectivity index (χ0v) is 16.7. The normalized spacial score (nSPS) is 17.0. The smallest absolute Gasteiger partial charge is 0.242 e. The van der Waals surface area contributed by atoms with Gasteiger partial charge in [-0.3, -0.25) is 9.59 Å². The number of aromatic nitrogens is 2. The van der Waals surface area contributed by atoms with E-state index in [1.165, 1.54) is 0 Å². The molecular formula is C22H23N3O2S. The number of likely N-dealkylation sites (tertiary alicyclic amines) is 1. The van der Waals surface area contributed by atoms with E-state index >= 15 is 0 Å². The van der Waals surface area contributed by atoms with Crippen molar-refractivity contribution >= 4 is 34.5 Å². The van der Waals surface area contributed by atoms with E-state index in [-0.39, 0.29) is 24.2 Å². The van der Waals surface area contributed by atoms with Gasteiger partial charge in [0, 0.05) is 29.5 Å². The molecule has 1 saturated heterocycles. The number of fused-ring (bicyclic) bond motifs is 1. The Kier molecular flexibility index (Phi) is 5.48. The second kappa shape index (κ2) is 8.19. The van der Waals surface area contributed by atoms with Crippen molar-refractivity contribution in [3.05, 3.63) is 60.4 Å². The van der Waals surface area contributed by atoms with Gasteiger partial charge in [0.2, 0.25) is 5.91 Å². The van der Waals surface area contributed by atoms with Crippen molar-refractivity contribution in [3.8, 4) is 0 Å². The van der Waals surface area contributed by atoms with Crippen LogP contribution in [0.5, 0.6) is 0 Å². The van der Waals surface area contributed by atoms with Gasteiger partial charge >= 0.3 is 0 Å². The Hall–Kier alpha value is -2.60. The first kappa shape index (κ1) is 18.7. The molecule has 6 heteroatoms. The lowest BCUT2D eigenvalue weighted by atomic mass is 9.90. The van der Waals surface area contributed by atoms with Gasteiger partial charge in [-0.15, -0.1) is 11.8 Å². The summed E-state index contributed by atoms with van der Waals surface area (Å²) < 4.78 is 1.88. The summed E-state index contributed by atoms with van der Waals surface area (Å²) in [7, 11) is 0. The maximum Gasteiger partial charge on any atom is 0.242 e. The molecule has 28 heavy (non-hydrogen) atoms. The summed E-state index contributed by atoms with van der Waals surface area (Å²) in [6.07, 6.45) is 5.38. The van der Waals surface area contributed by atoms with Crippen molar-refractivity contribution in [1.82, 2.24) is 14.5 Å². The number of nitrogens with zero attached hydrogens (tertiary/aromatic N) is 3. The molecule has 4 rings (SSSR count). The van der Waals surface area contributed by atoms with Crippen LogP contribution in [0.3, 0.4) is 0 Å². The molecule has 0 N–H and O–H groups in total. The van der Waals surface area contributed by atoms with Crippen LogP contribution in [0.1, 0.15) is 23.2 Å². The van der Waals surface area contributed by atoms with E-state index in [1.54, 1.807) is 18.1 Å². The number of carbonyl (C=O) groups excluding carboxylic acids is 2. The minimum absolute atomic E-state index is 0.0406. The molecule has 1 amide bonds. The topological polar surface area (TPSA) is 55.2 Å². The number of para-hydroxylation sites is 2. The molecule has 0 saturated carbocycles. The fourth-order valence-electron chi connectivity index (χ4n) is 3.87. The van der Waals surface area contributed by atoms with Gasteiger partial charge in [0.15, 0.2) is 5.78 Å². The highest BCUT2D eigenvalue weighted by Crippen LogP contribution is 2.27. The third-order valence-electron chi connectivity index (χ3n) is 5.35.